The molecule has 0 heterocycles. The largest absolute Gasteiger partial charge is 0.492 e. The van der Waals surface area contributed by atoms with Crippen molar-refractivity contribution < 1.29 is 4.74 Å². The fourth-order valence-corrected chi connectivity index (χ4v) is 2.24. The molecule has 0 aliphatic heterocycles. The fourth-order valence-electron chi connectivity index (χ4n) is 2.24. The third-order valence-electron chi connectivity index (χ3n) is 3.86. The van der Waals surface area contributed by atoms with Crippen LogP contribution in [-0.2, 0) is 6.54 Å². The smallest absolute Gasteiger partial charge is 0.191 e. The minimum Gasteiger partial charge on any atom is -0.492 e. The van der Waals surface area contributed by atoms with Crippen molar-refractivity contribution in [1.29, 1.82) is 0 Å². The van der Waals surface area contributed by atoms with Crippen molar-refractivity contribution in [2.45, 2.75) is 34.2 Å². The molecule has 0 unspecified atom stereocenters. The molecule has 0 fully saturated rings. The van der Waals surface area contributed by atoms with Gasteiger partial charge in [0.1, 0.15) is 12.4 Å². The van der Waals surface area contributed by atoms with E-state index in [9.17, 15) is 0 Å². The van der Waals surface area contributed by atoms with Gasteiger partial charge in [-0.2, -0.15) is 0 Å². The Morgan fingerprint density at radius 3 is 2.33 bits per heavy atom. The minimum atomic E-state index is 0.594. The van der Waals surface area contributed by atoms with Crippen molar-refractivity contribution in [3.05, 3.63) is 29.8 Å². The quantitative estimate of drug-likeness (QED) is 0.510. The molecule has 5 nitrogen and oxygen atoms in total. The van der Waals surface area contributed by atoms with E-state index < -0.39 is 0 Å². The van der Waals surface area contributed by atoms with Crippen molar-refractivity contribution in [3.8, 4) is 5.75 Å². The summed E-state index contributed by atoms with van der Waals surface area (Å²) in [5.41, 5.74) is 1.21. The second-order valence-electron chi connectivity index (χ2n) is 6.22. The van der Waals surface area contributed by atoms with Crippen LogP contribution in [0.5, 0.6) is 5.75 Å². The number of rotatable bonds is 10. The van der Waals surface area contributed by atoms with E-state index in [1.807, 2.05) is 12.1 Å². The van der Waals surface area contributed by atoms with Crippen LogP contribution < -0.4 is 15.4 Å². The lowest BCUT2D eigenvalue weighted by atomic mass is 10.2. The first-order valence-corrected chi connectivity index (χ1v) is 8.97. The summed E-state index contributed by atoms with van der Waals surface area (Å²) in [6, 6.07) is 8.25. The Morgan fingerprint density at radius 2 is 1.79 bits per heavy atom. The lowest BCUT2D eigenvalue weighted by Crippen LogP contribution is -2.38. The summed E-state index contributed by atoms with van der Waals surface area (Å²) in [5, 5.41) is 6.63. The number of nitrogens with zero attached hydrogens (tertiary/aromatic N) is 2. The number of nitrogens with one attached hydrogen (secondary N) is 2. The van der Waals surface area contributed by atoms with Crippen LogP contribution >= 0.6 is 0 Å². The molecule has 5 heteroatoms. The van der Waals surface area contributed by atoms with Gasteiger partial charge in [0.25, 0.3) is 0 Å². The van der Waals surface area contributed by atoms with Crippen LogP contribution in [0, 0.1) is 5.92 Å². The van der Waals surface area contributed by atoms with Gasteiger partial charge < -0.3 is 20.3 Å². The van der Waals surface area contributed by atoms with Gasteiger partial charge in [-0.3, -0.25) is 4.99 Å². The highest BCUT2D eigenvalue weighted by atomic mass is 16.5. The highest BCUT2D eigenvalue weighted by molar-refractivity contribution is 5.79. The molecule has 0 amide bonds. The van der Waals surface area contributed by atoms with Crippen LogP contribution in [-0.4, -0.2) is 50.7 Å². The summed E-state index contributed by atoms with van der Waals surface area (Å²) in [5.74, 6) is 2.35. The Hall–Kier alpha value is -1.75. The normalized spacial score (nSPS) is 11.9. The maximum Gasteiger partial charge on any atom is 0.191 e. The zero-order chi connectivity index (χ0) is 17.8. The second-order valence-corrected chi connectivity index (χ2v) is 6.22. The first-order chi connectivity index (χ1) is 11.6. The van der Waals surface area contributed by atoms with Crippen LogP contribution in [0.25, 0.3) is 0 Å². The predicted octanol–water partition coefficient (Wildman–Crippen LogP) is 2.73. The first kappa shape index (κ1) is 20.3. The van der Waals surface area contributed by atoms with E-state index in [1.165, 1.54) is 5.56 Å². The maximum absolute atomic E-state index is 5.81. The Morgan fingerprint density at radius 1 is 1.12 bits per heavy atom. The van der Waals surface area contributed by atoms with E-state index in [1.54, 1.807) is 7.05 Å². The number of guanidine groups is 1. The molecule has 0 aliphatic rings. The fraction of sp³-hybridized carbons (Fsp3) is 0.632. The number of aliphatic imine (C=N–C) groups is 1. The number of hydrogen-bond acceptors (Lipinski definition) is 3. The van der Waals surface area contributed by atoms with Crippen LogP contribution in [0.2, 0.25) is 0 Å². The summed E-state index contributed by atoms with van der Waals surface area (Å²) >= 11 is 0. The zero-order valence-corrected chi connectivity index (χ0v) is 15.9. The third-order valence-corrected chi connectivity index (χ3v) is 3.86. The van der Waals surface area contributed by atoms with Gasteiger partial charge in [-0.25, -0.2) is 0 Å². The molecule has 136 valence electrons. The summed E-state index contributed by atoms with van der Waals surface area (Å²) in [6.07, 6.45) is 0. The molecule has 0 saturated carbocycles. The number of hydrogen-bond donors (Lipinski definition) is 2. The molecule has 0 bridgehead atoms. The van der Waals surface area contributed by atoms with Crippen LogP contribution in [0.15, 0.2) is 29.3 Å². The van der Waals surface area contributed by atoms with Crippen molar-refractivity contribution in [1.82, 2.24) is 15.5 Å². The topological polar surface area (TPSA) is 48.9 Å². The van der Waals surface area contributed by atoms with Crippen molar-refractivity contribution in [2.24, 2.45) is 10.9 Å². The third kappa shape index (κ3) is 8.20. The second kappa shape index (κ2) is 11.7. The molecular weight excluding hydrogens is 300 g/mol. The highest BCUT2D eigenvalue weighted by Crippen LogP contribution is 2.12. The molecule has 0 aromatic heterocycles. The van der Waals surface area contributed by atoms with Gasteiger partial charge in [-0.05, 0) is 36.7 Å². The van der Waals surface area contributed by atoms with E-state index in [2.05, 4.69) is 60.4 Å². The standard InChI is InChI=1S/C19H34N4O/c1-6-23(7-2)12-13-24-18-10-8-17(9-11-18)15-22-19(20-5)21-14-16(3)4/h8-11,16H,6-7,12-15H2,1-5H3,(H2,20,21,22). The van der Waals surface area contributed by atoms with Gasteiger partial charge in [0.15, 0.2) is 5.96 Å². The summed E-state index contributed by atoms with van der Waals surface area (Å²) in [4.78, 5) is 6.59. The monoisotopic (exact) mass is 334 g/mol. The lowest BCUT2D eigenvalue weighted by molar-refractivity contribution is 0.223. The number of benzene rings is 1. The average molecular weight is 335 g/mol. The SMILES string of the molecule is CCN(CC)CCOc1ccc(CNC(=NC)NCC(C)C)cc1. The average Bonchev–Trinajstić information content (AvgIpc) is 2.60. The molecule has 0 atom stereocenters. The Balaban J connectivity index is 2.36. The van der Waals surface area contributed by atoms with E-state index in [-0.39, 0.29) is 0 Å². The Kier molecular flexibility index (Phi) is 9.92. The van der Waals surface area contributed by atoms with Gasteiger partial charge in [-0.15, -0.1) is 0 Å². The summed E-state index contributed by atoms with van der Waals surface area (Å²) < 4.78 is 5.81. The lowest BCUT2D eigenvalue weighted by Gasteiger charge is -2.18. The van der Waals surface area contributed by atoms with Gasteiger partial charge >= 0.3 is 0 Å². The van der Waals surface area contributed by atoms with E-state index >= 15 is 0 Å². The van der Waals surface area contributed by atoms with Crippen molar-refractivity contribution in [3.63, 3.8) is 0 Å². The van der Waals surface area contributed by atoms with Gasteiger partial charge in [0, 0.05) is 26.7 Å². The van der Waals surface area contributed by atoms with E-state index in [0.29, 0.717) is 5.92 Å². The molecule has 0 radical (unpaired) electrons. The summed E-state index contributed by atoms with van der Waals surface area (Å²) in [7, 11) is 1.79. The van der Waals surface area contributed by atoms with Crippen LogP contribution in [0.4, 0.5) is 0 Å². The van der Waals surface area contributed by atoms with Gasteiger partial charge in [-0.1, -0.05) is 39.8 Å². The molecule has 0 spiro atoms. The molecule has 0 aliphatic carbocycles. The molecule has 1 aromatic rings. The Labute approximate surface area is 147 Å². The predicted molar refractivity (Wildman–Crippen MR) is 103 cm³/mol. The van der Waals surface area contributed by atoms with Crippen LogP contribution in [0.1, 0.15) is 33.3 Å². The minimum absolute atomic E-state index is 0.594. The highest BCUT2D eigenvalue weighted by Gasteiger charge is 2.02. The summed E-state index contributed by atoms with van der Waals surface area (Å²) in [6.45, 7) is 14.2. The molecule has 24 heavy (non-hydrogen) atoms. The molecule has 1 rings (SSSR count). The van der Waals surface area contributed by atoms with Gasteiger partial charge in [0.05, 0.1) is 0 Å². The first-order valence-electron chi connectivity index (χ1n) is 8.97. The molecule has 2 N–H and O–H groups in total. The van der Waals surface area contributed by atoms with Gasteiger partial charge in [0.2, 0.25) is 0 Å². The van der Waals surface area contributed by atoms with E-state index in [4.69, 9.17) is 4.74 Å². The number of likely N-dealkylation sites (N-methyl/N-ethyl adjacent to an activating group) is 1. The molecule has 0 saturated heterocycles. The van der Waals surface area contributed by atoms with Crippen molar-refractivity contribution >= 4 is 5.96 Å². The zero-order valence-electron chi connectivity index (χ0n) is 15.9. The molecular formula is C19H34N4O. The van der Waals surface area contributed by atoms with Crippen LogP contribution in [0.3, 0.4) is 0 Å². The Bertz CT molecular complexity index is 467. The molecule has 1 aromatic carbocycles. The van der Waals surface area contributed by atoms with E-state index in [0.717, 1.165) is 51.0 Å². The number of ether oxygens (including phenoxy) is 1. The maximum atomic E-state index is 5.81. The van der Waals surface area contributed by atoms with Crippen molar-refractivity contribution in [2.75, 3.05) is 39.8 Å².